The fraction of sp³-hybridized carbons (Fsp3) is 0.520. The maximum atomic E-state index is 13.2. The van der Waals surface area contributed by atoms with Crippen LogP contribution in [0, 0.1) is 0 Å². The maximum absolute atomic E-state index is 13.2. The SMILES string of the molecule is CC(C)N1CCC[C@](COCc2cc(C(F)(F)F)cc(C(F)(F)F)c2)(c2ccccc2)CC1. The molecule has 1 heterocycles. The number of ether oxygens (including phenoxy) is 1. The monoisotopic (exact) mass is 473 g/mol. The molecule has 1 saturated heterocycles. The third-order valence-corrected chi connectivity index (χ3v) is 6.39. The molecule has 2 nitrogen and oxygen atoms in total. The first-order valence-electron chi connectivity index (χ1n) is 11.1. The number of nitrogens with zero attached hydrogens (tertiary/aromatic N) is 1. The van der Waals surface area contributed by atoms with Crippen molar-refractivity contribution in [1.82, 2.24) is 4.90 Å². The van der Waals surface area contributed by atoms with E-state index in [-0.39, 0.29) is 30.3 Å². The van der Waals surface area contributed by atoms with E-state index in [0.717, 1.165) is 50.0 Å². The van der Waals surface area contributed by atoms with Crippen LogP contribution >= 0.6 is 0 Å². The van der Waals surface area contributed by atoms with E-state index in [2.05, 4.69) is 18.7 Å². The molecule has 0 amide bonds. The second kappa shape index (κ2) is 10.1. The average Bonchev–Trinajstić information content (AvgIpc) is 2.97. The topological polar surface area (TPSA) is 12.5 Å². The molecule has 0 radical (unpaired) electrons. The van der Waals surface area contributed by atoms with Crippen molar-refractivity contribution in [2.75, 3.05) is 19.7 Å². The first-order valence-corrected chi connectivity index (χ1v) is 11.1. The Labute approximate surface area is 190 Å². The number of benzene rings is 2. The summed E-state index contributed by atoms with van der Waals surface area (Å²) in [6.07, 6.45) is -7.19. The first-order chi connectivity index (χ1) is 15.4. The molecule has 0 bridgehead atoms. The Bertz CT molecular complexity index is 877. The third-order valence-electron chi connectivity index (χ3n) is 6.39. The molecule has 2 aromatic carbocycles. The van der Waals surface area contributed by atoms with Gasteiger partial charge in [0, 0.05) is 11.5 Å². The van der Waals surface area contributed by atoms with E-state index in [1.807, 2.05) is 30.3 Å². The van der Waals surface area contributed by atoms with Crippen molar-refractivity contribution in [3.63, 3.8) is 0 Å². The van der Waals surface area contributed by atoms with Crippen LogP contribution in [0.25, 0.3) is 0 Å². The van der Waals surface area contributed by atoms with Crippen molar-refractivity contribution in [1.29, 1.82) is 0 Å². The lowest BCUT2D eigenvalue weighted by atomic mass is 9.75. The number of likely N-dealkylation sites (tertiary alicyclic amines) is 1. The Morgan fingerprint density at radius 3 is 2.03 bits per heavy atom. The molecule has 8 heteroatoms. The van der Waals surface area contributed by atoms with Crippen LogP contribution in [0.1, 0.15) is 55.4 Å². The van der Waals surface area contributed by atoms with Gasteiger partial charge < -0.3 is 9.64 Å². The van der Waals surface area contributed by atoms with Gasteiger partial charge in [-0.1, -0.05) is 30.3 Å². The summed E-state index contributed by atoms with van der Waals surface area (Å²) >= 11 is 0. The van der Waals surface area contributed by atoms with E-state index < -0.39 is 23.5 Å². The van der Waals surface area contributed by atoms with E-state index in [4.69, 9.17) is 4.74 Å². The lowest BCUT2D eigenvalue weighted by Crippen LogP contribution is -2.35. The molecular weight excluding hydrogens is 444 g/mol. The normalized spacial score (nSPS) is 20.8. The van der Waals surface area contributed by atoms with Gasteiger partial charge in [-0.15, -0.1) is 0 Å². The molecular formula is C25H29F6NO. The van der Waals surface area contributed by atoms with Gasteiger partial charge in [-0.3, -0.25) is 0 Å². The fourth-order valence-corrected chi connectivity index (χ4v) is 4.51. The molecule has 0 aromatic heterocycles. The Morgan fingerprint density at radius 2 is 1.48 bits per heavy atom. The Morgan fingerprint density at radius 1 is 0.879 bits per heavy atom. The summed E-state index contributed by atoms with van der Waals surface area (Å²) in [6.45, 7) is 5.96. The molecule has 1 aliphatic rings. The summed E-state index contributed by atoms with van der Waals surface area (Å²) in [5.74, 6) is 0. The molecule has 0 unspecified atom stereocenters. The van der Waals surface area contributed by atoms with Gasteiger partial charge in [-0.25, -0.2) is 0 Å². The van der Waals surface area contributed by atoms with Gasteiger partial charge in [0.2, 0.25) is 0 Å². The van der Waals surface area contributed by atoms with Crippen LogP contribution in [0.2, 0.25) is 0 Å². The van der Waals surface area contributed by atoms with Gasteiger partial charge in [0.1, 0.15) is 0 Å². The Balaban J connectivity index is 1.82. The maximum Gasteiger partial charge on any atom is 0.416 e. The van der Waals surface area contributed by atoms with Gasteiger partial charge in [0.15, 0.2) is 0 Å². The summed E-state index contributed by atoms with van der Waals surface area (Å²) in [7, 11) is 0. The minimum atomic E-state index is -4.87. The molecule has 1 atom stereocenters. The van der Waals surface area contributed by atoms with Gasteiger partial charge >= 0.3 is 12.4 Å². The number of alkyl halides is 6. The van der Waals surface area contributed by atoms with Gasteiger partial charge in [-0.05, 0) is 75.5 Å². The zero-order valence-electron chi connectivity index (χ0n) is 18.8. The zero-order chi connectivity index (χ0) is 24.3. The van der Waals surface area contributed by atoms with Crippen LogP contribution in [0.15, 0.2) is 48.5 Å². The van der Waals surface area contributed by atoms with E-state index in [1.165, 1.54) is 0 Å². The van der Waals surface area contributed by atoms with E-state index in [9.17, 15) is 26.3 Å². The molecule has 0 aliphatic carbocycles. The Kier molecular flexibility index (Phi) is 7.79. The lowest BCUT2D eigenvalue weighted by molar-refractivity contribution is -0.143. The number of hydrogen-bond acceptors (Lipinski definition) is 2. The van der Waals surface area contributed by atoms with Crippen LogP contribution in [0.5, 0.6) is 0 Å². The summed E-state index contributed by atoms with van der Waals surface area (Å²) in [6, 6.07) is 11.8. The predicted octanol–water partition coefficient (Wildman–Crippen LogP) is 7.07. The highest BCUT2D eigenvalue weighted by molar-refractivity contribution is 5.33. The highest BCUT2D eigenvalue weighted by Crippen LogP contribution is 2.38. The van der Waals surface area contributed by atoms with Crippen LogP contribution in [0.4, 0.5) is 26.3 Å². The summed E-state index contributed by atoms with van der Waals surface area (Å²) in [5, 5.41) is 0. The van der Waals surface area contributed by atoms with E-state index in [0.29, 0.717) is 6.04 Å². The highest BCUT2D eigenvalue weighted by Gasteiger charge is 2.38. The van der Waals surface area contributed by atoms with Crippen molar-refractivity contribution < 1.29 is 31.1 Å². The van der Waals surface area contributed by atoms with Crippen LogP contribution in [-0.4, -0.2) is 30.6 Å². The molecule has 1 fully saturated rings. The van der Waals surface area contributed by atoms with Crippen molar-refractivity contribution >= 4 is 0 Å². The number of hydrogen-bond donors (Lipinski definition) is 0. The standard InChI is InChI=1S/C25H29F6NO/c1-18(2)32-11-6-9-23(10-12-32,20-7-4-3-5-8-20)17-33-16-19-13-21(24(26,27)28)15-22(14-19)25(29,30)31/h3-5,7-8,13-15,18H,6,9-12,16-17H2,1-2H3/t23-/m0/s1. The number of halogens is 6. The molecule has 1 aliphatic heterocycles. The average molecular weight is 474 g/mol. The molecule has 0 spiro atoms. The lowest BCUT2D eigenvalue weighted by Gasteiger charge is -2.34. The molecule has 0 N–H and O–H groups in total. The quantitative estimate of drug-likeness (QED) is 0.416. The first kappa shape index (κ1) is 25.6. The minimum Gasteiger partial charge on any atom is -0.376 e. The zero-order valence-corrected chi connectivity index (χ0v) is 18.8. The van der Waals surface area contributed by atoms with Gasteiger partial charge in [0.25, 0.3) is 0 Å². The van der Waals surface area contributed by atoms with E-state index >= 15 is 0 Å². The molecule has 3 rings (SSSR count). The van der Waals surface area contributed by atoms with Crippen LogP contribution < -0.4 is 0 Å². The fourth-order valence-electron chi connectivity index (χ4n) is 4.51. The van der Waals surface area contributed by atoms with Crippen molar-refractivity contribution in [3.8, 4) is 0 Å². The van der Waals surface area contributed by atoms with Crippen LogP contribution in [-0.2, 0) is 29.1 Å². The number of rotatable bonds is 6. The van der Waals surface area contributed by atoms with Crippen molar-refractivity contribution in [2.45, 2.75) is 63.5 Å². The second-order valence-corrected chi connectivity index (χ2v) is 9.04. The molecule has 33 heavy (non-hydrogen) atoms. The minimum absolute atomic E-state index is 0.140. The largest absolute Gasteiger partial charge is 0.416 e. The molecule has 2 aromatic rings. The third kappa shape index (κ3) is 6.51. The molecule has 182 valence electrons. The molecule has 0 saturated carbocycles. The van der Waals surface area contributed by atoms with Crippen molar-refractivity contribution in [3.05, 3.63) is 70.8 Å². The summed E-state index contributed by atoms with van der Waals surface area (Å²) in [4.78, 5) is 2.38. The second-order valence-electron chi connectivity index (χ2n) is 9.04. The summed E-state index contributed by atoms with van der Waals surface area (Å²) in [5.41, 5.74) is -2.06. The predicted molar refractivity (Wildman–Crippen MR) is 115 cm³/mol. The summed E-state index contributed by atoms with van der Waals surface area (Å²) < 4.78 is 84.8. The van der Waals surface area contributed by atoms with Crippen LogP contribution in [0.3, 0.4) is 0 Å². The highest BCUT2D eigenvalue weighted by atomic mass is 19.4. The van der Waals surface area contributed by atoms with E-state index in [1.54, 1.807) is 0 Å². The smallest absolute Gasteiger partial charge is 0.376 e. The van der Waals surface area contributed by atoms with Gasteiger partial charge in [-0.2, -0.15) is 26.3 Å². The van der Waals surface area contributed by atoms with Crippen molar-refractivity contribution in [2.24, 2.45) is 0 Å². The van der Waals surface area contributed by atoms with Gasteiger partial charge in [0.05, 0.1) is 24.3 Å². The Hall–Kier alpha value is -2.06.